The van der Waals surface area contributed by atoms with E-state index in [4.69, 9.17) is 13.0 Å². The highest BCUT2D eigenvalue weighted by atomic mass is 32.1. The van der Waals surface area contributed by atoms with Crippen LogP contribution in [0.3, 0.4) is 0 Å². The molecular formula is C22H17N5OS. The van der Waals surface area contributed by atoms with Gasteiger partial charge < -0.3 is 10.2 Å². The first kappa shape index (κ1) is 18.7. The summed E-state index contributed by atoms with van der Waals surface area (Å²) in [5.41, 5.74) is 3.50. The second-order valence-corrected chi connectivity index (χ2v) is 7.61. The van der Waals surface area contributed by atoms with Gasteiger partial charge in [0.2, 0.25) is 0 Å². The van der Waals surface area contributed by atoms with Gasteiger partial charge in [-0.15, -0.1) is 17.8 Å². The number of amides is 2. The van der Waals surface area contributed by atoms with Crippen molar-refractivity contribution in [1.29, 1.82) is 0 Å². The van der Waals surface area contributed by atoms with Crippen molar-refractivity contribution in [2.75, 3.05) is 5.32 Å². The summed E-state index contributed by atoms with van der Waals surface area (Å²) in [6.07, 6.45) is 8.91. The van der Waals surface area contributed by atoms with E-state index in [1.807, 2.05) is 30.3 Å². The second kappa shape index (κ2) is 7.75. The van der Waals surface area contributed by atoms with E-state index in [1.165, 1.54) is 11.3 Å². The molecule has 7 heteroatoms. The molecule has 2 heterocycles. The first-order valence-electron chi connectivity index (χ1n) is 9.03. The number of thiazole rings is 1. The van der Waals surface area contributed by atoms with Gasteiger partial charge in [0, 0.05) is 35.5 Å². The number of rotatable bonds is 5. The third-order valence-corrected chi connectivity index (χ3v) is 5.57. The molecule has 1 aliphatic carbocycles. The maximum absolute atomic E-state index is 12.0. The predicted molar refractivity (Wildman–Crippen MR) is 113 cm³/mol. The van der Waals surface area contributed by atoms with Crippen LogP contribution in [0.15, 0.2) is 48.0 Å². The molecule has 4 rings (SSSR count). The first-order valence-corrected chi connectivity index (χ1v) is 9.91. The van der Waals surface area contributed by atoms with E-state index in [0.717, 1.165) is 35.2 Å². The highest BCUT2D eigenvalue weighted by Crippen LogP contribution is 2.50. The number of nitrogens with zero attached hydrogens (tertiary/aromatic N) is 3. The molecule has 2 amide bonds. The van der Waals surface area contributed by atoms with Crippen molar-refractivity contribution in [3.05, 3.63) is 75.7 Å². The summed E-state index contributed by atoms with van der Waals surface area (Å²) in [5, 5.41) is 7.59. The monoisotopic (exact) mass is 399 g/mol. The lowest BCUT2D eigenvalue weighted by molar-refractivity contribution is 0.251. The van der Waals surface area contributed by atoms with Crippen molar-refractivity contribution in [3.8, 4) is 23.5 Å². The van der Waals surface area contributed by atoms with Gasteiger partial charge in [-0.2, -0.15) is 0 Å². The molecule has 6 nitrogen and oxygen atoms in total. The molecule has 1 saturated carbocycles. The molecule has 2 N–H and O–H groups in total. The number of pyridine rings is 1. The Bertz CT molecular complexity index is 1130. The van der Waals surface area contributed by atoms with Gasteiger partial charge in [-0.1, -0.05) is 24.3 Å². The molecule has 29 heavy (non-hydrogen) atoms. The second-order valence-electron chi connectivity index (χ2n) is 6.75. The number of carbonyl (C=O) groups excluding carboxylic acids is 1. The van der Waals surface area contributed by atoms with Gasteiger partial charge in [0.05, 0.1) is 12.2 Å². The number of carbonyl (C=O) groups is 1. The van der Waals surface area contributed by atoms with E-state index >= 15 is 0 Å². The number of hydrogen-bond donors (Lipinski definition) is 2. The van der Waals surface area contributed by atoms with Crippen LogP contribution in [0.25, 0.3) is 16.0 Å². The Labute approximate surface area is 172 Å². The molecule has 0 spiro atoms. The zero-order chi connectivity index (χ0) is 20.3. The first-order chi connectivity index (χ1) is 14.1. The Kier molecular flexibility index (Phi) is 4.99. The zero-order valence-electron chi connectivity index (χ0n) is 15.5. The predicted octanol–water partition coefficient (Wildman–Crippen LogP) is 4.42. The fourth-order valence-electron chi connectivity index (χ4n) is 3.00. The van der Waals surface area contributed by atoms with Gasteiger partial charge in [-0.3, -0.25) is 10.3 Å². The Morgan fingerprint density at radius 2 is 2.17 bits per heavy atom. The normalized spacial score (nSPS) is 13.7. The molecule has 0 saturated heterocycles. The minimum Gasteiger partial charge on any atom is -0.332 e. The Morgan fingerprint density at radius 3 is 2.83 bits per heavy atom. The lowest BCUT2D eigenvalue weighted by Gasteiger charge is -2.08. The average Bonchev–Trinajstić information content (AvgIpc) is 3.45. The summed E-state index contributed by atoms with van der Waals surface area (Å²) in [5.74, 6) is 2.85. The topological polar surface area (TPSA) is 71.3 Å². The molecule has 0 atom stereocenters. The van der Waals surface area contributed by atoms with Crippen molar-refractivity contribution >= 4 is 23.2 Å². The summed E-state index contributed by atoms with van der Waals surface area (Å²) < 4.78 is 0. The van der Waals surface area contributed by atoms with Gasteiger partial charge in [-0.05, 0) is 23.6 Å². The van der Waals surface area contributed by atoms with E-state index in [-0.39, 0.29) is 11.6 Å². The van der Waals surface area contributed by atoms with Crippen molar-refractivity contribution in [3.63, 3.8) is 0 Å². The number of hydrogen-bond acceptors (Lipinski definition) is 4. The Hall–Kier alpha value is -3.68. The van der Waals surface area contributed by atoms with Crippen LogP contribution >= 0.6 is 11.3 Å². The molecule has 0 radical (unpaired) electrons. The van der Waals surface area contributed by atoms with Gasteiger partial charge >= 0.3 is 6.03 Å². The van der Waals surface area contributed by atoms with Crippen LogP contribution in [0.1, 0.15) is 29.1 Å². The average molecular weight is 399 g/mol. The van der Waals surface area contributed by atoms with Gasteiger partial charge in [-0.25, -0.2) is 16.4 Å². The van der Waals surface area contributed by atoms with Gasteiger partial charge in [0.25, 0.3) is 5.54 Å². The number of aromatic nitrogens is 2. The third-order valence-electron chi connectivity index (χ3n) is 4.79. The minimum absolute atomic E-state index is 0.291. The number of nitrogens with one attached hydrogen (secondary N) is 2. The Morgan fingerprint density at radius 1 is 1.31 bits per heavy atom. The van der Waals surface area contributed by atoms with Crippen LogP contribution in [0.4, 0.5) is 10.6 Å². The van der Waals surface area contributed by atoms with Crippen LogP contribution in [-0.4, -0.2) is 16.0 Å². The van der Waals surface area contributed by atoms with Crippen molar-refractivity contribution in [2.24, 2.45) is 0 Å². The minimum atomic E-state index is -0.369. The molecule has 0 bridgehead atoms. The zero-order valence-corrected chi connectivity index (χ0v) is 16.3. The molecule has 1 aromatic carbocycles. The number of anilines is 1. The highest BCUT2D eigenvalue weighted by Gasteiger charge is 2.52. The molecule has 0 unspecified atom stereocenters. The fourth-order valence-corrected chi connectivity index (χ4v) is 3.55. The lowest BCUT2D eigenvalue weighted by Crippen LogP contribution is -2.28. The maximum atomic E-state index is 12.0. The quantitative estimate of drug-likeness (QED) is 0.493. The standard InChI is InChI=1S/C22H17N5OS/c1-3-20-26-19(14-29-20)27-21(28)25-13-18-8-7-16(12-24-18)15-5-4-6-17(11-15)22(23-2)9-10-22/h1,4-8,11-12,14H,9-10,13H2,(H2,25,27,28). The van der Waals surface area contributed by atoms with E-state index in [0.29, 0.717) is 17.4 Å². The third kappa shape index (κ3) is 4.11. The van der Waals surface area contributed by atoms with Crippen molar-refractivity contribution in [1.82, 2.24) is 15.3 Å². The van der Waals surface area contributed by atoms with Crippen LogP contribution in [0.5, 0.6) is 0 Å². The van der Waals surface area contributed by atoms with Crippen LogP contribution < -0.4 is 10.6 Å². The highest BCUT2D eigenvalue weighted by molar-refractivity contribution is 7.10. The number of benzene rings is 1. The lowest BCUT2D eigenvalue weighted by atomic mass is 9.99. The molecule has 1 fully saturated rings. The summed E-state index contributed by atoms with van der Waals surface area (Å²) >= 11 is 1.29. The van der Waals surface area contributed by atoms with Crippen molar-refractivity contribution < 1.29 is 4.79 Å². The Balaban J connectivity index is 1.37. The van der Waals surface area contributed by atoms with E-state index < -0.39 is 0 Å². The van der Waals surface area contributed by atoms with Crippen molar-refractivity contribution in [2.45, 2.75) is 24.9 Å². The van der Waals surface area contributed by atoms with E-state index in [9.17, 15) is 4.79 Å². The van der Waals surface area contributed by atoms with Gasteiger partial charge in [0.1, 0.15) is 5.82 Å². The van der Waals surface area contributed by atoms with Crippen LogP contribution in [0.2, 0.25) is 0 Å². The summed E-state index contributed by atoms with van der Waals surface area (Å²) in [6, 6.07) is 11.6. The van der Waals surface area contributed by atoms with Crippen LogP contribution in [-0.2, 0) is 12.1 Å². The molecule has 3 aromatic rings. The summed E-state index contributed by atoms with van der Waals surface area (Å²) in [4.78, 5) is 24.3. The van der Waals surface area contributed by atoms with Crippen LogP contribution in [0, 0.1) is 18.9 Å². The largest absolute Gasteiger partial charge is 0.332 e. The number of urea groups is 1. The number of terminal acetylenes is 1. The maximum Gasteiger partial charge on any atom is 0.320 e. The fraction of sp³-hybridized carbons (Fsp3) is 0.182. The van der Waals surface area contributed by atoms with E-state index in [2.05, 4.69) is 37.4 Å². The smallest absolute Gasteiger partial charge is 0.320 e. The molecule has 0 aliphatic heterocycles. The summed E-state index contributed by atoms with van der Waals surface area (Å²) in [6.45, 7) is 7.72. The SMILES string of the molecule is [C-]#[N+]C1(c2cccc(-c3ccc(CNC(=O)Nc4csc(C#C)n4)nc3)c2)CC1. The molecule has 142 valence electrons. The molecule has 1 aliphatic rings. The molecule has 2 aromatic heterocycles. The molecular weight excluding hydrogens is 382 g/mol. The van der Waals surface area contributed by atoms with E-state index in [1.54, 1.807) is 11.6 Å². The van der Waals surface area contributed by atoms with Gasteiger partial charge in [0.15, 0.2) is 5.01 Å². The summed E-state index contributed by atoms with van der Waals surface area (Å²) in [7, 11) is 0.